The first-order valence-electron chi connectivity index (χ1n) is 11.0. The highest BCUT2D eigenvalue weighted by Gasteiger charge is 2.40. The molecular formula is C24H31N5O2S. The van der Waals surface area contributed by atoms with Gasteiger partial charge in [-0.3, -0.25) is 5.10 Å². The molecule has 0 spiro atoms. The van der Waals surface area contributed by atoms with Crippen LogP contribution in [0.25, 0.3) is 21.6 Å². The number of anilines is 1. The number of aromatic nitrogens is 3. The van der Waals surface area contributed by atoms with Crippen LogP contribution in [0.5, 0.6) is 11.6 Å². The van der Waals surface area contributed by atoms with Crippen molar-refractivity contribution in [3.8, 4) is 33.2 Å². The maximum absolute atomic E-state index is 6.12. The van der Waals surface area contributed by atoms with Crippen LogP contribution in [0.2, 0.25) is 0 Å². The lowest BCUT2D eigenvalue weighted by atomic mass is 9.79. The molecule has 2 aliphatic rings. The maximum Gasteiger partial charge on any atom is 0.234 e. The maximum atomic E-state index is 6.12. The molecule has 5 rings (SSSR count). The number of fused-ring (bicyclic) bond motifs is 3. The van der Waals surface area contributed by atoms with Crippen LogP contribution in [0, 0.1) is 0 Å². The number of rotatable bonds is 4. The second-order valence-corrected chi connectivity index (χ2v) is 11.1. The molecule has 0 radical (unpaired) electrons. The minimum Gasteiger partial charge on any atom is -0.496 e. The molecular weight excluding hydrogens is 422 g/mol. The molecule has 0 atom stereocenters. The highest BCUT2D eigenvalue weighted by molar-refractivity contribution is 7.19. The van der Waals surface area contributed by atoms with Crippen LogP contribution in [0.4, 0.5) is 5.13 Å². The van der Waals surface area contributed by atoms with Gasteiger partial charge in [-0.2, -0.15) is 10.1 Å². The topological polar surface area (TPSA) is 75.3 Å². The van der Waals surface area contributed by atoms with Crippen molar-refractivity contribution in [2.45, 2.75) is 64.3 Å². The molecule has 1 saturated heterocycles. The third-order valence-electron chi connectivity index (χ3n) is 6.47. The monoisotopic (exact) mass is 453 g/mol. The molecule has 3 aromatic rings. The number of nitrogens with zero attached hydrogens (tertiary/aromatic N) is 3. The predicted octanol–water partition coefficient (Wildman–Crippen LogP) is 4.85. The number of benzene rings is 1. The molecule has 2 aromatic heterocycles. The van der Waals surface area contributed by atoms with Crippen LogP contribution < -0.4 is 19.7 Å². The lowest BCUT2D eigenvalue weighted by molar-refractivity contribution is 0.161. The number of piperidine rings is 1. The van der Waals surface area contributed by atoms with Crippen LogP contribution in [-0.4, -0.2) is 46.5 Å². The second-order valence-electron chi connectivity index (χ2n) is 10.1. The number of H-pyrrole nitrogens is 1. The molecule has 1 aromatic carbocycles. The van der Waals surface area contributed by atoms with Gasteiger partial charge >= 0.3 is 0 Å². The molecule has 2 N–H and O–H groups in total. The Bertz CT molecular complexity index is 1120. The molecule has 0 saturated carbocycles. The Morgan fingerprint density at radius 1 is 1.16 bits per heavy atom. The molecule has 8 heteroatoms. The van der Waals surface area contributed by atoms with Crippen LogP contribution in [0.3, 0.4) is 0 Å². The van der Waals surface area contributed by atoms with Crippen molar-refractivity contribution in [1.82, 2.24) is 20.5 Å². The highest BCUT2D eigenvalue weighted by Crippen LogP contribution is 2.49. The van der Waals surface area contributed by atoms with E-state index >= 15 is 0 Å². The Balaban J connectivity index is 1.50. The number of hydrogen-bond donors (Lipinski definition) is 2. The first-order valence-corrected chi connectivity index (χ1v) is 11.8. The molecule has 0 unspecified atom stereocenters. The van der Waals surface area contributed by atoms with Crippen molar-refractivity contribution >= 4 is 16.5 Å². The fourth-order valence-electron chi connectivity index (χ4n) is 5.40. The van der Waals surface area contributed by atoms with Gasteiger partial charge in [-0.05, 0) is 46.6 Å². The lowest BCUT2D eigenvalue weighted by Crippen LogP contribution is -2.61. The van der Waals surface area contributed by atoms with Crippen molar-refractivity contribution in [2.75, 3.05) is 19.1 Å². The molecule has 170 valence electrons. The summed E-state index contributed by atoms with van der Waals surface area (Å²) in [6.45, 7) is 9.57. The van der Waals surface area contributed by atoms with Gasteiger partial charge in [0.15, 0.2) is 5.13 Å². The quantitative estimate of drug-likeness (QED) is 0.588. The predicted molar refractivity (Wildman–Crippen MR) is 129 cm³/mol. The molecule has 1 fully saturated rings. The van der Waals surface area contributed by atoms with Crippen molar-refractivity contribution in [1.29, 1.82) is 0 Å². The van der Waals surface area contributed by atoms with Crippen molar-refractivity contribution in [3.05, 3.63) is 30.1 Å². The van der Waals surface area contributed by atoms with Crippen molar-refractivity contribution in [2.24, 2.45) is 0 Å². The molecule has 4 heterocycles. The first-order chi connectivity index (χ1) is 15.2. The first kappa shape index (κ1) is 21.3. The van der Waals surface area contributed by atoms with E-state index in [9.17, 15) is 0 Å². The van der Waals surface area contributed by atoms with Crippen LogP contribution in [0.1, 0.15) is 46.1 Å². The zero-order chi connectivity index (χ0) is 22.7. The third-order valence-corrected chi connectivity index (χ3v) is 7.64. The summed E-state index contributed by atoms with van der Waals surface area (Å²) < 4.78 is 11.9. The van der Waals surface area contributed by atoms with E-state index < -0.39 is 0 Å². The SMILES string of the molecule is COc1c(-c2cn[nH]c2)ccc2c1COc1nc(N(C)C3CC(C)(C)NC(C)(C)C3)sc1-2. The largest absolute Gasteiger partial charge is 0.496 e. The highest BCUT2D eigenvalue weighted by atomic mass is 32.1. The van der Waals surface area contributed by atoms with E-state index in [-0.39, 0.29) is 11.1 Å². The zero-order valence-electron chi connectivity index (χ0n) is 19.6. The van der Waals surface area contributed by atoms with Crippen LogP contribution >= 0.6 is 11.3 Å². The number of hydrogen-bond acceptors (Lipinski definition) is 7. The van der Waals surface area contributed by atoms with Crippen molar-refractivity contribution in [3.63, 3.8) is 0 Å². The molecule has 32 heavy (non-hydrogen) atoms. The van der Waals surface area contributed by atoms with E-state index in [1.54, 1.807) is 24.6 Å². The number of nitrogens with one attached hydrogen (secondary N) is 2. The minimum atomic E-state index is 0.0809. The van der Waals surface area contributed by atoms with Gasteiger partial charge in [-0.25, -0.2) is 0 Å². The second kappa shape index (κ2) is 7.49. The van der Waals surface area contributed by atoms with E-state index in [4.69, 9.17) is 14.5 Å². The third kappa shape index (κ3) is 3.65. The lowest BCUT2D eigenvalue weighted by Gasteiger charge is -2.48. The van der Waals surface area contributed by atoms with Gasteiger partial charge in [-0.1, -0.05) is 17.4 Å². The molecule has 0 aliphatic carbocycles. The van der Waals surface area contributed by atoms with Gasteiger partial charge < -0.3 is 19.7 Å². The minimum absolute atomic E-state index is 0.0809. The summed E-state index contributed by atoms with van der Waals surface area (Å²) in [6.07, 6.45) is 5.81. The summed E-state index contributed by atoms with van der Waals surface area (Å²) in [6, 6.07) is 4.66. The molecule has 7 nitrogen and oxygen atoms in total. The van der Waals surface area contributed by atoms with Crippen molar-refractivity contribution < 1.29 is 9.47 Å². The molecule has 2 aliphatic heterocycles. The molecule has 0 amide bonds. The van der Waals surface area contributed by atoms with Gasteiger partial charge in [0.2, 0.25) is 5.88 Å². The summed E-state index contributed by atoms with van der Waals surface area (Å²) in [5.41, 5.74) is 4.36. The molecule has 0 bridgehead atoms. The summed E-state index contributed by atoms with van der Waals surface area (Å²) >= 11 is 1.70. The van der Waals surface area contributed by atoms with Gasteiger partial charge in [0.05, 0.1) is 13.3 Å². The summed E-state index contributed by atoms with van der Waals surface area (Å²) in [4.78, 5) is 8.30. The Morgan fingerprint density at radius 3 is 2.53 bits per heavy atom. The van der Waals surface area contributed by atoms with E-state index in [2.05, 4.69) is 67.3 Å². The van der Waals surface area contributed by atoms with Crippen LogP contribution in [-0.2, 0) is 6.61 Å². The van der Waals surface area contributed by atoms with E-state index in [1.165, 1.54) is 0 Å². The Labute approximate surface area is 193 Å². The number of thiazole rings is 1. The smallest absolute Gasteiger partial charge is 0.234 e. The Morgan fingerprint density at radius 2 is 1.88 bits per heavy atom. The van der Waals surface area contributed by atoms with E-state index in [0.29, 0.717) is 12.6 Å². The summed E-state index contributed by atoms with van der Waals surface area (Å²) in [5.74, 6) is 1.55. The van der Waals surface area contributed by atoms with Gasteiger partial charge in [0.1, 0.15) is 17.2 Å². The number of methoxy groups -OCH3 is 1. The number of ether oxygens (including phenoxy) is 2. The van der Waals surface area contributed by atoms with Crippen LogP contribution in [0.15, 0.2) is 24.5 Å². The fraction of sp³-hybridized carbons (Fsp3) is 0.500. The number of aromatic amines is 1. The normalized spacial score (nSPS) is 19.1. The summed E-state index contributed by atoms with van der Waals surface area (Å²) in [5, 5.41) is 11.7. The average Bonchev–Trinajstić information content (AvgIpc) is 3.39. The van der Waals surface area contributed by atoms with Gasteiger partial charge in [0, 0.05) is 52.6 Å². The Kier molecular flexibility index (Phi) is 4.98. The van der Waals surface area contributed by atoms with E-state index in [1.807, 2.05) is 6.20 Å². The zero-order valence-corrected chi connectivity index (χ0v) is 20.4. The van der Waals surface area contributed by atoms with E-state index in [0.717, 1.165) is 56.7 Å². The Hall–Kier alpha value is -2.58. The summed E-state index contributed by atoms with van der Waals surface area (Å²) in [7, 11) is 3.87. The van der Waals surface area contributed by atoms with Gasteiger partial charge in [0.25, 0.3) is 0 Å². The fourth-order valence-corrected chi connectivity index (χ4v) is 6.49. The average molecular weight is 454 g/mol. The standard InChI is InChI=1S/C24H31N5O2S/c1-23(2)9-15(10-24(3,4)28-23)29(5)22-27-21-20(32-22)17-8-7-16(14-11-25-26-12-14)19(30-6)18(17)13-31-21/h7-8,11-12,15,28H,9-10,13H2,1-6H3,(H,25,26). The van der Waals surface area contributed by atoms with Gasteiger partial charge in [-0.15, -0.1) is 0 Å².